The molecule has 0 spiro atoms. The van der Waals surface area contributed by atoms with Crippen molar-refractivity contribution in [2.45, 2.75) is 127 Å². The number of halogens is 3. The zero-order valence-corrected chi connectivity index (χ0v) is 32.9. The lowest BCUT2D eigenvalue weighted by Gasteiger charge is -2.17. The third-order valence-corrected chi connectivity index (χ3v) is 12.3. The van der Waals surface area contributed by atoms with Crippen molar-refractivity contribution < 1.29 is 27.9 Å². The van der Waals surface area contributed by atoms with Crippen LogP contribution in [0.4, 0.5) is 5.69 Å². The first-order valence-corrected chi connectivity index (χ1v) is 20.9. The largest absolute Gasteiger partial charge is 0.506 e. The maximum Gasteiger partial charge on any atom is 0.255 e. The summed E-state index contributed by atoms with van der Waals surface area (Å²) in [5.74, 6) is -0.885. The van der Waals surface area contributed by atoms with Crippen molar-refractivity contribution in [2.24, 2.45) is 0 Å². The molecule has 0 saturated heterocycles. The highest BCUT2D eigenvalue weighted by atomic mass is 35.5. The zero-order valence-electron chi connectivity index (χ0n) is 29.8. The van der Waals surface area contributed by atoms with Crippen LogP contribution < -0.4 is 10.1 Å². The van der Waals surface area contributed by atoms with E-state index in [9.17, 15) is 23.1 Å². The summed E-state index contributed by atoms with van der Waals surface area (Å²) in [5.41, 5.74) is 0.450. The normalized spacial score (nSPS) is 12.1. The minimum Gasteiger partial charge on any atom is -0.506 e. The molecule has 1 amide bonds. The Morgan fingerprint density at radius 3 is 1.84 bits per heavy atom. The van der Waals surface area contributed by atoms with Gasteiger partial charge in [-0.05, 0) is 73.0 Å². The fourth-order valence-electron chi connectivity index (χ4n) is 5.97. The molecule has 7 nitrogen and oxygen atoms in total. The van der Waals surface area contributed by atoms with Crippen molar-refractivity contribution in [3.63, 3.8) is 0 Å². The van der Waals surface area contributed by atoms with Gasteiger partial charge in [0.05, 0.1) is 27.2 Å². The molecular formula is C40H52Cl3NO6S. The fraction of sp³-hybridized carbons (Fsp3) is 0.500. The SMILES string of the molecule is CCCCCCCCCCCCCCCCOc1ccc(S(=O)(=O)C(CC)C(=O)Cc2cc(O)c(NC(=O)c3ccc(Cl)c(Cl)c3)cc2Cl)cc1. The second-order valence-electron chi connectivity index (χ2n) is 13.0. The molecular weight excluding hydrogens is 729 g/mol. The minimum absolute atomic E-state index is 0.0126. The minimum atomic E-state index is -4.01. The van der Waals surface area contributed by atoms with E-state index in [1.165, 1.54) is 120 Å². The van der Waals surface area contributed by atoms with Crippen LogP contribution in [0, 0.1) is 0 Å². The monoisotopic (exact) mass is 779 g/mol. The number of Topliss-reactive ketones (excluding diaryl/α,β-unsaturated/α-hetero) is 1. The van der Waals surface area contributed by atoms with E-state index in [-0.39, 0.29) is 55.4 Å². The van der Waals surface area contributed by atoms with E-state index in [1.54, 1.807) is 19.1 Å². The number of aromatic hydroxyl groups is 1. The number of sulfone groups is 1. The maximum atomic E-state index is 13.5. The first-order chi connectivity index (χ1) is 24.5. The van der Waals surface area contributed by atoms with Gasteiger partial charge >= 0.3 is 0 Å². The molecule has 11 heteroatoms. The van der Waals surface area contributed by atoms with Crippen molar-refractivity contribution in [2.75, 3.05) is 11.9 Å². The van der Waals surface area contributed by atoms with E-state index in [1.807, 2.05) is 0 Å². The van der Waals surface area contributed by atoms with Gasteiger partial charge in [0.15, 0.2) is 15.6 Å². The Bertz CT molecular complexity index is 1660. The molecule has 0 aliphatic carbocycles. The van der Waals surface area contributed by atoms with Gasteiger partial charge in [-0.1, -0.05) is 132 Å². The number of ketones is 1. The Morgan fingerprint density at radius 2 is 1.29 bits per heavy atom. The van der Waals surface area contributed by atoms with Crippen LogP contribution in [0.25, 0.3) is 0 Å². The van der Waals surface area contributed by atoms with E-state index in [0.29, 0.717) is 12.4 Å². The van der Waals surface area contributed by atoms with Gasteiger partial charge in [-0.2, -0.15) is 0 Å². The molecule has 0 radical (unpaired) electrons. The summed E-state index contributed by atoms with van der Waals surface area (Å²) >= 11 is 18.3. The van der Waals surface area contributed by atoms with Crippen LogP contribution in [0.2, 0.25) is 15.1 Å². The predicted molar refractivity (Wildman–Crippen MR) is 210 cm³/mol. The van der Waals surface area contributed by atoms with Gasteiger partial charge in [0, 0.05) is 17.0 Å². The highest BCUT2D eigenvalue weighted by Crippen LogP contribution is 2.33. The van der Waals surface area contributed by atoms with Crippen LogP contribution in [-0.2, 0) is 21.1 Å². The highest BCUT2D eigenvalue weighted by Gasteiger charge is 2.33. The lowest BCUT2D eigenvalue weighted by molar-refractivity contribution is -0.118. The second kappa shape index (κ2) is 22.3. The number of carbonyl (C=O) groups excluding carboxylic acids is 2. The summed E-state index contributed by atoms with van der Waals surface area (Å²) in [5, 5.41) is 12.4. The third-order valence-electron chi connectivity index (χ3n) is 8.98. The van der Waals surface area contributed by atoms with E-state index < -0.39 is 26.8 Å². The summed E-state index contributed by atoms with van der Waals surface area (Å²) in [4.78, 5) is 26.0. The van der Waals surface area contributed by atoms with Gasteiger partial charge in [-0.25, -0.2) is 8.42 Å². The average molecular weight is 781 g/mol. The number of carbonyl (C=O) groups is 2. The predicted octanol–water partition coefficient (Wildman–Crippen LogP) is 11.8. The smallest absolute Gasteiger partial charge is 0.255 e. The Kier molecular flexibility index (Phi) is 18.7. The molecule has 51 heavy (non-hydrogen) atoms. The van der Waals surface area contributed by atoms with Gasteiger partial charge in [0.1, 0.15) is 16.7 Å². The summed E-state index contributed by atoms with van der Waals surface area (Å²) in [6.07, 6.45) is 17.7. The second-order valence-corrected chi connectivity index (χ2v) is 16.4. The summed E-state index contributed by atoms with van der Waals surface area (Å²) < 4.78 is 32.9. The molecule has 3 rings (SSSR count). The topological polar surface area (TPSA) is 110 Å². The number of unbranched alkanes of at least 4 members (excludes halogenated alkanes) is 13. The zero-order chi connectivity index (χ0) is 37.2. The number of nitrogens with one attached hydrogen (secondary N) is 1. The van der Waals surface area contributed by atoms with Gasteiger partial charge < -0.3 is 15.2 Å². The van der Waals surface area contributed by atoms with Crippen molar-refractivity contribution in [1.82, 2.24) is 0 Å². The number of ether oxygens (including phenoxy) is 1. The molecule has 280 valence electrons. The Hall–Kier alpha value is -2.78. The van der Waals surface area contributed by atoms with Crippen LogP contribution in [0.5, 0.6) is 11.5 Å². The third kappa shape index (κ3) is 13.9. The molecule has 3 aromatic carbocycles. The van der Waals surface area contributed by atoms with Crippen LogP contribution in [0.1, 0.15) is 126 Å². The molecule has 0 heterocycles. The Labute approximate surface area is 319 Å². The summed E-state index contributed by atoms with van der Waals surface area (Å²) in [7, 11) is -4.01. The molecule has 0 fully saturated rings. The summed E-state index contributed by atoms with van der Waals surface area (Å²) in [6, 6.07) is 13.1. The van der Waals surface area contributed by atoms with E-state index >= 15 is 0 Å². The number of hydrogen-bond acceptors (Lipinski definition) is 6. The standard InChI is InChI=1S/C40H52Cl3NO6S/c1-3-5-6-7-8-9-10-11-12-13-14-15-16-17-24-50-31-19-21-32(22-20-31)51(48,49)39(4-2)38(46)27-30-26-37(45)36(28-34(30)42)44-40(47)29-18-23-33(41)35(43)25-29/h18-23,25-26,28,39,45H,3-17,24,27H2,1-2H3,(H,44,47). The molecule has 1 atom stereocenters. The average Bonchev–Trinajstić information content (AvgIpc) is 3.10. The van der Waals surface area contributed by atoms with Gasteiger partial charge in [-0.15, -0.1) is 0 Å². The van der Waals surface area contributed by atoms with Crippen LogP contribution in [0.15, 0.2) is 59.5 Å². The van der Waals surface area contributed by atoms with E-state index in [4.69, 9.17) is 39.5 Å². The molecule has 0 bridgehead atoms. The number of benzene rings is 3. The molecule has 2 N–H and O–H groups in total. The highest BCUT2D eigenvalue weighted by molar-refractivity contribution is 7.92. The van der Waals surface area contributed by atoms with Crippen molar-refractivity contribution in [3.8, 4) is 11.5 Å². The van der Waals surface area contributed by atoms with Gasteiger partial charge in [-0.3, -0.25) is 9.59 Å². The molecule has 0 aliphatic heterocycles. The van der Waals surface area contributed by atoms with Crippen LogP contribution in [-0.4, -0.2) is 37.1 Å². The number of amides is 1. The quantitative estimate of drug-likeness (QED) is 0.0692. The number of hydrogen-bond donors (Lipinski definition) is 2. The number of anilines is 1. The van der Waals surface area contributed by atoms with Gasteiger partial charge in [0.25, 0.3) is 5.91 Å². The first kappa shape index (κ1) is 42.6. The fourth-order valence-corrected chi connectivity index (χ4v) is 8.21. The molecule has 3 aromatic rings. The number of phenols is 1. The first-order valence-electron chi connectivity index (χ1n) is 18.2. The van der Waals surface area contributed by atoms with Crippen LogP contribution in [0.3, 0.4) is 0 Å². The van der Waals surface area contributed by atoms with E-state index in [0.717, 1.165) is 12.8 Å². The number of rotatable bonds is 24. The number of phenolic OH excluding ortho intramolecular Hbond substituents is 1. The maximum absolute atomic E-state index is 13.5. The molecule has 0 aromatic heterocycles. The van der Waals surface area contributed by atoms with Crippen molar-refractivity contribution in [1.29, 1.82) is 0 Å². The summed E-state index contributed by atoms with van der Waals surface area (Å²) in [6.45, 7) is 4.45. The molecule has 0 saturated carbocycles. The van der Waals surface area contributed by atoms with E-state index in [2.05, 4.69) is 12.2 Å². The molecule has 1 unspecified atom stereocenters. The van der Waals surface area contributed by atoms with Crippen LogP contribution >= 0.6 is 34.8 Å². The van der Waals surface area contributed by atoms with Crippen molar-refractivity contribution >= 4 is 62.0 Å². The van der Waals surface area contributed by atoms with Crippen molar-refractivity contribution in [3.05, 3.63) is 80.8 Å². The molecule has 0 aliphatic rings. The Morgan fingerprint density at radius 1 is 0.725 bits per heavy atom. The lowest BCUT2D eigenvalue weighted by Crippen LogP contribution is -2.31. The van der Waals surface area contributed by atoms with Gasteiger partial charge in [0.2, 0.25) is 0 Å². The Balaban J connectivity index is 1.43. The lowest BCUT2D eigenvalue weighted by atomic mass is 10.0.